The number of aromatic nitrogens is 2. The van der Waals surface area contributed by atoms with Crippen molar-refractivity contribution in [1.29, 1.82) is 0 Å². The molecule has 4 rings (SSSR count). The number of hydrazine groups is 1. The number of carbonyl (C=O) groups excluding carboxylic acids is 3. The number of piperidine rings is 1. The standard InChI is InChI=1S/C22H21F2N5O3S2/c1-11-18(34-12(2)25-11)22(32)29-7-5-13(6-8-29)21-26-17(10-33-21)20(31)28-27-19(30)15-4-3-14(23)9-16(15)24/h3-4,9-10,13H,5-8H2,1-2H3,(H,27,30)(H,28,31). The molecule has 3 heterocycles. The molecule has 2 N–H and O–H groups in total. The molecule has 0 bridgehead atoms. The molecule has 1 fully saturated rings. The third-order valence-electron chi connectivity index (χ3n) is 5.45. The van der Waals surface area contributed by atoms with Crippen molar-refractivity contribution in [3.8, 4) is 0 Å². The predicted molar refractivity (Wildman–Crippen MR) is 123 cm³/mol. The fraction of sp³-hybridized carbons (Fsp3) is 0.318. The van der Waals surface area contributed by atoms with Crippen LogP contribution < -0.4 is 10.9 Å². The highest BCUT2D eigenvalue weighted by atomic mass is 32.1. The van der Waals surface area contributed by atoms with E-state index >= 15 is 0 Å². The van der Waals surface area contributed by atoms with Gasteiger partial charge < -0.3 is 4.90 Å². The number of hydrogen-bond donors (Lipinski definition) is 2. The van der Waals surface area contributed by atoms with Crippen molar-refractivity contribution >= 4 is 40.4 Å². The van der Waals surface area contributed by atoms with E-state index in [-0.39, 0.29) is 17.5 Å². The van der Waals surface area contributed by atoms with E-state index in [9.17, 15) is 23.2 Å². The van der Waals surface area contributed by atoms with Gasteiger partial charge in [-0.2, -0.15) is 0 Å². The summed E-state index contributed by atoms with van der Waals surface area (Å²) in [6.07, 6.45) is 1.44. The summed E-state index contributed by atoms with van der Waals surface area (Å²) in [5, 5.41) is 3.22. The maximum Gasteiger partial charge on any atom is 0.289 e. The van der Waals surface area contributed by atoms with Crippen molar-refractivity contribution in [3.63, 3.8) is 0 Å². The molecule has 0 atom stereocenters. The number of hydrogen-bond acceptors (Lipinski definition) is 7. The van der Waals surface area contributed by atoms with E-state index in [0.717, 1.165) is 40.7 Å². The molecule has 34 heavy (non-hydrogen) atoms. The van der Waals surface area contributed by atoms with E-state index in [1.165, 1.54) is 22.7 Å². The highest BCUT2D eigenvalue weighted by molar-refractivity contribution is 7.13. The van der Waals surface area contributed by atoms with E-state index < -0.39 is 29.0 Å². The lowest BCUT2D eigenvalue weighted by molar-refractivity contribution is 0.0716. The lowest BCUT2D eigenvalue weighted by atomic mass is 9.97. The summed E-state index contributed by atoms with van der Waals surface area (Å²) in [6, 6.07) is 2.52. The number of benzene rings is 1. The summed E-state index contributed by atoms with van der Waals surface area (Å²) >= 11 is 2.74. The van der Waals surface area contributed by atoms with Crippen LogP contribution in [0.15, 0.2) is 23.6 Å². The molecule has 2 aromatic heterocycles. The largest absolute Gasteiger partial charge is 0.338 e. The third kappa shape index (κ3) is 5.12. The van der Waals surface area contributed by atoms with Crippen LogP contribution in [0.2, 0.25) is 0 Å². The Hall–Kier alpha value is -3.25. The first-order valence-electron chi connectivity index (χ1n) is 10.5. The fourth-order valence-electron chi connectivity index (χ4n) is 3.70. The molecule has 0 spiro atoms. The maximum absolute atomic E-state index is 13.7. The zero-order chi connectivity index (χ0) is 24.4. The van der Waals surface area contributed by atoms with E-state index in [4.69, 9.17) is 0 Å². The molecule has 3 amide bonds. The van der Waals surface area contributed by atoms with Crippen LogP contribution in [0, 0.1) is 25.5 Å². The Kier molecular flexibility index (Phi) is 6.98. The van der Waals surface area contributed by atoms with Gasteiger partial charge in [0.2, 0.25) is 0 Å². The van der Waals surface area contributed by atoms with Crippen molar-refractivity contribution < 1.29 is 23.2 Å². The first kappa shape index (κ1) is 23.9. The molecule has 178 valence electrons. The number of halogens is 2. The minimum atomic E-state index is -1.03. The van der Waals surface area contributed by atoms with Gasteiger partial charge in [0.25, 0.3) is 17.7 Å². The van der Waals surface area contributed by atoms with Crippen molar-refractivity contribution in [3.05, 3.63) is 67.1 Å². The molecule has 12 heteroatoms. The number of thiazole rings is 2. The molecule has 1 aromatic carbocycles. The van der Waals surface area contributed by atoms with Crippen molar-refractivity contribution in [2.45, 2.75) is 32.6 Å². The van der Waals surface area contributed by atoms with Crippen LogP contribution in [-0.2, 0) is 0 Å². The second kappa shape index (κ2) is 9.94. The summed E-state index contributed by atoms with van der Waals surface area (Å²) in [5.74, 6) is -3.30. The first-order chi connectivity index (χ1) is 16.2. The topological polar surface area (TPSA) is 104 Å². The molecular formula is C22H21F2N5O3S2. The molecule has 1 aliphatic rings. The monoisotopic (exact) mass is 505 g/mol. The van der Waals surface area contributed by atoms with Gasteiger partial charge in [-0.3, -0.25) is 25.2 Å². The molecule has 3 aromatic rings. The van der Waals surface area contributed by atoms with Crippen LogP contribution in [0.25, 0.3) is 0 Å². The molecule has 8 nitrogen and oxygen atoms in total. The van der Waals surface area contributed by atoms with E-state index in [1.54, 1.807) is 5.38 Å². The van der Waals surface area contributed by atoms with Crippen LogP contribution in [0.3, 0.4) is 0 Å². The van der Waals surface area contributed by atoms with E-state index in [2.05, 4.69) is 20.8 Å². The highest BCUT2D eigenvalue weighted by Gasteiger charge is 2.28. The number of nitrogens with zero attached hydrogens (tertiary/aromatic N) is 3. The number of carbonyl (C=O) groups is 3. The van der Waals surface area contributed by atoms with Crippen molar-refractivity contribution in [1.82, 2.24) is 25.7 Å². The predicted octanol–water partition coefficient (Wildman–Crippen LogP) is 3.59. The van der Waals surface area contributed by atoms with Crippen molar-refractivity contribution in [2.24, 2.45) is 0 Å². The van der Waals surface area contributed by atoms with Crippen LogP contribution >= 0.6 is 22.7 Å². The van der Waals surface area contributed by atoms with Gasteiger partial charge >= 0.3 is 0 Å². The molecule has 1 aliphatic heterocycles. The first-order valence-corrected chi connectivity index (χ1v) is 12.2. The fourth-order valence-corrected chi connectivity index (χ4v) is 5.56. The summed E-state index contributed by atoms with van der Waals surface area (Å²) in [5.41, 5.74) is 4.76. The number of aryl methyl sites for hydroxylation is 2. The van der Waals surface area contributed by atoms with E-state index in [1.807, 2.05) is 18.7 Å². The molecule has 0 radical (unpaired) electrons. The Morgan fingerprint density at radius 2 is 1.76 bits per heavy atom. The molecule has 0 unspecified atom stereocenters. The second-order valence-corrected chi connectivity index (χ2v) is 9.91. The Morgan fingerprint density at radius 3 is 2.41 bits per heavy atom. The van der Waals surface area contributed by atoms with Gasteiger partial charge in [0.15, 0.2) is 0 Å². The Bertz CT molecular complexity index is 1250. The SMILES string of the molecule is Cc1nc(C)c(C(=O)N2CCC(c3nc(C(=O)NNC(=O)c4ccc(F)cc4F)cs3)CC2)s1. The Morgan fingerprint density at radius 1 is 1.06 bits per heavy atom. The molecule has 0 saturated carbocycles. The number of likely N-dealkylation sites (tertiary alicyclic amines) is 1. The third-order valence-corrected chi connectivity index (χ3v) is 7.52. The summed E-state index contributed by atoms with van der Waals surface area (Å²) in [6.45, 7) is 4.88. The number of amides is 3. The quantitative estimate of drug-likeness (QED) is 0.528. The Balaban J connectivity index is 1.31. The zero-order valence-electron chi connectivity index (χ0n) is 18.4. The van der Waals surface area contributed by atoms with Gasteiger partial charge in [-0.05, 0) is 38.8 Å². The van der Waals surface area contributed by atoms with Gasteiger partial charge in [0, 0.05) is 30.5 Å². The summed E-state index contributed by atoms with van der Waals surface area (Å²) in [7, 11) is 0. The lowest BCUT2D eigenvalue weighted by Gasteiger charge is -2.30. The summed E-state index contributed by atoms with van der Waals surface area (Å²) < 4.78 is 26.7. The van der Waals surface area contributed by atoms with Crippen LogP contribution in [0.5, 0.6) is 0 Å². The van der Waals surface area contributed by atoms with Crippen LogP contribution in [0.1, 0.15) is 65.0 Å². The van der Waals surface area contributed by atoms with Gasteiger partial charge in [-0.15, -0.1) is 22.7 Å². The normalized spacial score (nSPS) is 14.2. The number of nitrogens with one attached hydrogen (secondary N) is 2. The minimum Gasteiger partial charge on any atom is -0.338 e. The van der Waals surface area contributed by atoms with Crippen LogP contribution in [-0.4, -0.2) is 45.7 Å². The highest BCUT2D eigenvalue weighted by Crippen LogP contribution is 2.31. The van der Waals surface area contributed by atoms with Crippen LogP contribution in [0.4, 0.5) is 8.78 Å². The van der Waals surface area contributed by atoms with Gasteiger partial charge in [0.1, 0.15) is 22.2 Å². The minimum absolute atomic E-state index is 0.00547. The van der Waals surface area contributed by atoms with Gasteiger partial charge in [-0.1, -0.05) is 0 Å². The zero-order valence-corrected chi connectivity index (χ0v) is 20.0. The van der Waals surface area contributed by atoms with Gasteiger partial charge in [0.05, 0.1) is 21.3 Å². The van der Waals surface area contributed by atoms with Gasteiger partial charge in [-0.25, -0.2) is 18.7 Å². The average Bonchev–Trinajstić information content (AvgIpc) is 3.43. The molecule has 1 saturated heterocycles. The smallest absolute Gasteiger partial charge is 0.289 e. The molecule has 0 aliphatic carbocycles. The van der Waals surface area contributed by atoms with E-state index in [0.29, 0.717) is 24.0 Å². The van der Waals surface area contributed by atoms with Crippen molar-refractivity contribution in [2.75, 3.05) is 13.1 Å². The second-order valence-electron chi connectivity index (χ2n) is 7.82. The number of rotatable bonds is 4. The lowest BCUT2D eigenvalue weighted by Crippen LogP contribution is -2.42. The maximum atomic E-state index is 13.7. The Labute approximate surface area is 202 Å². The average molecular weight is 506 g/mol. The molecular weight excluding hydrogens is 484 g/mol. The summed E-state index contributed by atoms with van der Waals surface area (Å²) in [4.78, 5) is 48.4.